The summed E-state index contributed by atoms with van der Waals surface area (Å²) in [6.07, 6.45) is 6.82. The number of pyridine rings is 1. The molecule has 4 heterocycles. The van der Waals surface area contributed by atoms with Crippen molar-refractivity contribution < 1.29 is 4.74 Å². The van der Waals surface area contributed by atoms with Crippen LogP contribution in [0.5, 0.6) is 5.88 Å². The molecule has 2 N–H and O–H groups in total. The number of fused-ring (bicyclic) bond motifs is 3. The van der Waals surface area contributed by atoms with Gasteiger partial charge in [-0.15, -0.1) is 0 Å². The molecule has 1 aromatic heterocycles. The molecule has 2 saturated heterocycles. The third kappa shape index (κ3) is 5.07. The zero-order chi connectivity index (χ0) is 25.2. The maximum Gasteiger partial charge on any atom is 0.234 e. The minimum atomic E-state index is 0.188. The summed E-state index contributed by atoms with van der Waals surface area (Å²) in [6.45, 7) is 9.51. The maximum absolute atomic E-state index is 10.4. The van der Waals surface area contributed by atoms with E-state index in [1.54, 1.807) is 0 Å². The highest BCUT2D eigenvalue weighted by atomic mass is 16.5. The van der Waals surface area contributed by atoms with Crippen molar-refractivity contribution in [2.45, 2.75) is 70.6 Å². The molecule has 1 aromatic carbocycles. The number of aromatic nitrogens is 1. The molecular formula is C30H40N6O. The van der Waals surface area contributed by atoms with Gasteiger partial charge in [0.2, 0.25) is 5.88 Å². The molecule has 1 saturated carbocycles. The average Bonchev–Trinajstić information content (AvgIpc) is 3.65. The van der Waals surface area contributed by atoms with E-state index in [2.05, 4.69) is 63.8 Å². The Morgan fingerprint density at radius 2 is 1.95 bits per heavy atom. The zero-order valence-corrected chi connectivity index (χ0v) is 22.1. The second kappa shape index (κ2) is 10.6. The van der Waals surface area contributed by atoms with Crippen molar-refractivity contribution in [3.8, 4) is 11.9 Å². The molecule has 37 heavy (non-hydrogen) atoms. The first-order valence-electron chi connectivity index (χ1n) is 14.2. The summed E-state index contributed by atoms with van der Waals surface area (Å²) in [6, 6.07) is 14.1. The van der Waals surface area contributed by atoms with E-state index in [-0.39, 0.29) is 5.41 Å². The zero-order valence-electron chi connectivity index (χ0n) is 22.1. The number of nitrogens with one attached hydrogen (secondary N) is 2. The van der Waals surface area contributed by atoms with Gasteiger partial charge in [0.1, 0.15) is 17.5 Å². The Kier molecular flexibility index (Phi) is 7.07. The fraction of sp³-hybridized carbons (Fsp3) is 0.600. The summed E-state index contributed by atoms with van der Waals surface area (Å²) in [4.78, 5) is 10.2. The summed E-state index contributed by atoms with van der Waals surface area (Å²) in [5, 5.41) is 17.5. The SMILES string of the molecule is CCCNCC1(COc2nc(N3C4CCC3CNC4)c3c(c2C#N)CN(Cc2ccccc2)CC3)CC1. The lowest BCUT2D eigenvalue weighted by Gasteiger charge is -2.40. The predicted octanol–water partition coefficient (Wildman–Crippen LogP) is 3.61. The first-order valence-corrected chi connectivity index (χ1v) is 14.2. The first kappa shape index (κ1) is 24.7. The molecule has 7 heteroatoms. The molecule has 6 rings (SSSR count). The van der Waals surface area contributed by atoms with Crippen LogP contribution in [0.15, 0.2) is 30.3 Å². The van der Waals surface area contributed by atoms with Gasteiger partial charge in [0.05, 0.1) is 6.61 Å². The van der Waals surface area contributed by atoms with E-state index in [4.69, 9.17) is 9.72 Å². The Balaban J connectivity index is 1.31. The summed E-state index contributed by atoms with van der Waals surface area (Å²) < 4.78 is 6.49. The summed E-state index contributed by atoms with van der Waals surface area (Å²) in [5.74, 6) is 1.64. The molecule has 1 aliphatic carbocycles. The van der Waals surface area contributed by atoms with Crippen molar-refractivity contribution in [1.29, 1.82) is 5.26 Å². The molecule has 7 nitrogen and oxygen atoms in total. The lowest BCUT2D eigenvalue weighted by Crippen LogP contribution is -2.53. The van der Waals surface area contributed by atoms with E-state index in [9.17, 15) is 5.26 Å². The van der Waals surface area contributed by atoms with Crippen LogP contribution < -0.4 is 20.3 Å². The van der Waals surface area contributed by atoms with E-state index < -0.39 is 0 Å². The van der Waals surface area contributed by atoms with Gasteiger partial charge in [0.25, 0.3) is 0 Å². The number of piperazine rings is 1. The van der Waals surface area contributed by atoms with E-state index in [0.29, 0.717) is 30.1 Å². The number of hydrogen-bond donors (Lipinski definition) is 2. The molecule has 2 aromatic rings. The molecule has 2 bridgehead atoms. The molecule has 2 unspecified atom stereocenters. The minimum Gasteiger partial charge on any atom is -0.476 e. The minimum absolute atomic E-state index is 0.188. The Morgan fingerprint density at radius 1 is 1.16 bits per heavy atom. The second-order valence-corrected chi connectivity index (χ2v) is 11.5. The quantitative estimate of drug-likeness (QED) is 0.483. The smallest absolute Gasteiger partial charge is 0.234 e. The van der Waals surface area contributed by atoms with Crippen LogP contribution in [0.3, 0.4) is 0 Å². The van der Waals surface area contributed by atoms with Crippen LogP contribution in [0.1, 0.15) is 61.3 Å². The van der Waals surface area contributed by atoms with Gasteiger partial charge >= 0.3 is 0 Å². The lowest BCUT2D eigenvalue weighted by molar-refractivity contribution is 0.217. The highest BCUT2D eigenvalue weighted by Gasteiger charge is 2.44. The summed E-state index contributed by atoms with van der Waals surface area (Å²) in [5.41, 5.74) is 4.56. The molecule has 2 atom stereocenters. The van der Waals surface area contributed by atoms with Crippen LogP contribution in [0, 0.1) is 16.7 Å². The number of hydrogen-bond acceptors (Lipinski definition) is 7. The number of benzene rings is 1. The molecule has 3 aliphatic heterocycles. The molecule has 196 valence electrons. The maximum atomic E-state index is 10.4. The molecule has 3 fully saturated rings. The number of nitrogens with zero attached hydrogens (tertiary/aromatic N) is 4. The Hall–Kier alpha value is -2.66. The Labute approximate surface area is 221 Å². The second-order valence-electron chi connectivity index (χ2n) is 11.5. The van der Waals surface area contributed by atoms with Crippen molar-refractivity contribution in [2.24, 2.45) is 5.41 Å². The topological polar surface area (TPSA) is 76.5 Å². The van der Waals surface area contributed by atoms with Crippen molar-refractivity contribution in [3.63, 3.8) is 0 Å². The van der Waals surface area contributed by atoms with E-state index in [0.717, 1.165) is 70.0 Å². The normalized spacial score (nSPS) is 23.9. The number of rotatable bonds is 10. The predicted molar refractivity (Wildman–Crippen MR) is 146 cm³/mol. The highest BCUT2D eigenvalue weighted by Crippen LogP contribution is 2.46. The number of anilines is 1. The van der Waals surface area contributed by atoms with E-state index in [1.165, 1.54) is 36.8 Å². The van der Waals surface area contributed by atoms with Crippen LogP contribution in [0.4, 0.5) is 5.82 Å². The van der Waals surface area contributed by atoms with Gasteiger partial charge in [-0.25, -0.2) is 0 Å². The van der Waals surface area contributed by atoms with Crippen LogP contribution in [-0.2, 0) is 19.5 Å². The molecular weight excluding hydrogens is 460 g/mol. The van der Waals surface area contributed by atoms with Crippen molar-refractivity contribution in [3.05, 3.63) is 52.6 Å². The van der Waals surface area contributed by atoms with Crippen molar-refractivity contribution in [2.75, 3.05) is 44.2 Å². The Bertz CT molecular complexity index is 1120. The third-order valence-corrected chi connectivity index (χ3v) is 8.80. The van der Waals surface area contributed by atoms with Crippen molar-refractivity contribution in [1.82, 2.24) is 20.5 Å². The van der Waals surface area contributed by atoms with Crippen LogP contribution in [0.25, 0.3) is 0 Å². The molecule has 0 amide bonds. The van der Waals surface area contributed by atoms with Crippen LogP contribution in [-0.4, -0.2) is 61.3 Å². The number of ether oxygens (including phenoxy) is 1. The van der Waals surface area contributed by atoms with E-state index >= 15 is 0 Å². The monoisotopic (exact) mass is 500 g/mol. The van der Waals surface area contributed by atoms with E-state index in [1.807, 2.05) is 0 Å². The van der Waals surface area contributed by atoms with Gasteiger partial charge in [-0.1, -0.05) is 37.3 Å². The van der Waals surface area contributed by atoms with Crippen LogP contribution >= 0.6 is 0 Å². The third-order valence-electron chi connectivity index (χ3n) is 8.80. The number of nitriles is 1. The van der Waals surface area contributed by atoms with Crippen molar-refractivity contribution >= 4 is 5.82 Å². The highest BCUT2D eigenvalue weighted by molar-refractivity contribution is 5.62. The first-order chi connectivity index (χ1) is 18.2. The standard InChI is InChI=1S/C30H40N6O/c1-2-13-32-20-30(11-12-30)21-37-29-26(15-31)27-19-35(18-22-6-4-3-5-7-22)14-10-25(27)28(34-29)36-23-8-9-24(36)17-33-16-23/h3-7,23-24,32-33H,2,8-14,16-21H2,1H3. The largest absolute Gasteiger partial charge is 0.476 e. The van der Waals surface area contributed by atoms with Gasteiger partial charge in [-0.05, 0) is 56.2 Å². The average molecular weight is 501 g/mol. The molecule has 4 aliphatic rings. The summed E-state index contributed by atoms with van der Waals surface area (Å²) >= 11 is 0. The van der Waals surface area contributed by atoms with Gasteiger partial charge in [-0.2, -0.15) is 10.2 Å². The molecule has 0 spiro atoms. The van der Waals surface area contributed by atoms with Gasteiger partial charge in [0, 0.05) is 62.3 Å². The summed E-state index contributed by atoms with van der Waals surface area (Å²) in [7, 11) is 0. The van der Waals surface area contributed by atoms with Crippen LogP contribution in [0.2, 0.25) is 0 Å². The van der Waals surface area contributed by atoms with Gasteiger partial charge in [0.15, 0.2) is 0 Å². The van der Waals surface area contributed by atoms with Gasteiger partial charge in [-0.3, -0.25) is 4.90 Å². The molecule has 0 radical (unpaired) electrons. The Morgan fingerprint density at radius 3 is 2.65 bits per heavy atom. The lowest BCUT2D eigenvalue weighted by atomic mass is 9.95. The van der Waals surface area contributed by atoms with Gasteiger partial charge < -0.3 is 20.3 Å². The fourth-order valence-corrected chi connectivity index (χ4v) is 6.48. The fourth-order valence-electron chi connectivity index (χ4n) is 6.48.